The predicted octanol–water partition coefficient (Wildman–Crippen LogP) is 4.11. The lowest BCUT2D eigenvalue weighted by atomic mass is 10.2. The van der Waals surface area contributed by atoms with E-state index in [1.54, 1.807) is 0 Å². The molecule has 0 saturated carbocycles. The molecule has 0 aromatic rings. The van der Waals surface area contributed by atoms with Crippen LogP contribution in [0, 0.1) is 6.92 Å². The van der Waals surface area contributed by atoms with E-state index < -0.39 is 8.07 Å². The zero-order chi connectivity index (χ0) is 9.28. The van der Waals surface area contributed by atoms with E-state index in [2.05, 4.69) is 47.7 Å². The molecule has 0 amide bonds. The molecule has 11 heavy (non-hydrogen) atoms. The van der Waals surface area contributed by atoms with Crippen LogP contribution in [0.2, 0.25) is 23.7 Å². The molecule has 0 aliphatic heterocycles. The second-order valence-corrected chi connectivity index (χ2v) is 10.8. The molecular formula is C10H23Si. The van der Waals surface area contributed by atoms with Gasteiger partial charge in [-0.05, 0) is 10.6 Å². The van der Waals surface area contributed by atoms with Crippen molar-refractivity contribution in [2.24, 2.45) is 0 Å². The molecule has 0 nitrogen and oxygen atoms in total. The van der Waals surface area contributed by atoms with Gasteiger partial charge in [0.2, 0.25) is 0 Å². The van der Waals surface area contributed by atoms with Crippen molar-refractivity contribution in [3.8, 4) is 0 Å². The molecule has 0 aliphatic carbocycles. The van der Waals surface area contributed by atoms with Crippen LogP contribution in [0.5, 0.6) is 0 Å². The summed E-state index contributed by atoms with van der Waals surface area (Å²) in [7, 11) is -1.12. The van der Waals surface area contributed by atoms with Gasteiger partial charge in [0.25, 0.3) is 0 Å². The Morgan fingerprint density at radius 3 is 1.73 bits per heavy atom. The predicted molar refractivity (Wildman–Crippen MR) is 56.6 cm³/mol. The highest BCUT2D eigenvalue weighted by Crippen LogP contribution is 2.44. The number of hydrogen-bond acceptors (Lipinski definition) is 0. The van der Waals surface area contributed by atoms with Crippen molar-refractivity contribution in [3.63, 3.8) is 0 Å². The van der Waals surface area contributed by atoms with Crippen molar-refractivity contribution in [1.29, 1.82) is 0 Å². The van der Waals surface area contributed by atoms with Crippen LogP contribution < -0.4 is 0 Å². The van der Waals surface area contributed by atoms with E-state index in [4.69, 9.17) is 0 Å². The molecule has 0 aromatic carbocycles. The second-order valence-electron chi connectivity index (χ2n) is 5.08. The van der Waals surface area contributed by atoms with Crippen molar-refractivity contribution >= 4 is 8.07 Å². The van der Waals surface area contributed by atoms with Crippen molar-refractivity contribution in [2.45, 2.75) is 57.8 Å². The summed E-state index contributed by atoms with van der Waals surface area (Å²) in [5.74, 6) is 0. The van der Waals surface area contributed by atoms with Gasteiger partial charge in [-0.3, -0.25) is 0 Å². The Hall–Kier alpha value is 0.217. The third-order valence-corrected chi connectivity index (χ3v) is 9.76. The molecule has 0 heterocycles. The van der Waals surface area contributed by atoms with E-state index in [1.165, 1.54) is 6.42 Å². The van der Waals surface area contributed by atoms with E-state index in [9.17, 15) is 0 Å². The fourth-order valence-corrected chi connectivity index (χ4v) is 3.37. The lowest BCUT2D eigenvalue weighted by Gasteiger charge is -2.41. The molecule has 0 saturated heterocycles. The van der Waals surface area contributed by atoms with Gasteiger partial charge < -0.3 is 0 Å². The molecule has 0 fully saturated rings. The van der Waals surface area contributed by atoms with Crippen LogP contribution in [0.4, 0.5) is 0 Å². The summed E-state index contributed by atoms with van der Waals surface area (Å²) < 4.78 is 0. The number of hydrogen-bond donors (Lipinski definition) is 0. The van der Waals surface area contributed by atoms with Crippen LogP contribution in [-0.4, -0.2) is 8.07 Å². The highest BCUT2D eigenvalue weighted by molar-refractivity contribution is 6.81. The summed E-state index contributed by atoms with van der Waals surface area (Å²) in [6.07, 6.45) is 1.23. The van der Waals surface area contributed by atoms with Gasteiger partial charge in [-0.1, -0.05) is 54.1 Å². The van der Waals surface area contributed by atoms with Gasteiger partial charge >= 0.3 is 0 Å². The maximum atomic E-state index is 4.26. The summed E-state index contributed by atoms with van der Waals surface area (Å²) in [5, 5.41) is 0.495. The smallest absolute Gasteiger partial charge is 0.0558 e. The normalized spacial score (nSPS) is 16.6. The average Bonchev–Trinajstić information content (AvgIpc) is 1.83. The summed E-state index contributed by atoms with van der Waals surface area (Å²) in [5.41, 5.74) is 0.697. The molecule has 67 valence electrons. The van der Waals surface area contributed by atoms with Gasteiger partial charge in [0.05, 0.1) is 8.07 Å². The third-order valence-electron chi connectivity index (χ3n) is 3.45. The molecule has 0 spiro atoms. The zero-order valence-corrected chi connectivity index (χ0v) is 9.99. The van der Waals surface area contributed by atoms with E-state index in [0.29, 0.717) is 10.6 Å². The van der Waals surface area contributed by atoms with Crippen molar-refractivity contribution in [2.75, 3.05) is 0 Å². The highest BCUT2D eigenvalue weighted by atomic mass is 28.3. The molecule has 0 bridgehead atoms. The minimum Gasteiger partial charge on any atom is -0.0688 e. The topological polar surface area (TPSA) is 0 Å². The lowest BCUT2D eigenvalue weighted by Crippen LogP contribution is -2.40. The van der Waals surface area contributed by atoms with E-state index in [1.807, 2.05) is 0 Å². The van der Waals surface area contributed by atoms with Gasteiger partial charge in [0.1, 0.15) is 0 Å². The van der Waals surface area contributed by atoms with Crippen LogP contribution in [0.1, 0.15) is 34.1 Å². The van der Waals surface area contributed by atoms with Crippen LogP contribution in [0.25, 0.3) is 0 Å². The van der Waals surface area contributed by atoms with Crippen LogP contribution in [0.3, 0.4) is 0 Å². The fraction of sp³-hybridized carbons (Fsp3) is 0.900. The SMILES string of the molecule is [CH2]C(CC)[Si](C)(C)C(C)(C)C. The fourth-order valence-electron chi connectivity index (χ4n) is 1.12. The minimum absolute atomic E-state index is 0.495. The molecule has 0 aromatic heterocycles. The molecule has 1 atom stereocenters. The minimum atomic E-state index is -1.12. The maximum absolute atomic E-state index is 4.26. The molecule has 0 N–H and O–H groups in total. The van der Waals surface area contributed by atoms with Gasteiger partial charge in [0, 0.05) is 0 Å². The standard InChI is InChI=1S/C10H23Si/c1-8-9(2)11(6,7)10(3,4)5/h9H,2,8H2,1,3-7H3. The molecular weight excluding hydrogens is 148 g/mol. The van der Waals surface area contributed by atoms with Gasteiger partial charge in [0.15, 0.2) is 0 Å². The van der Waals surface area contributed by atoms with E-state index in [0.717, 1.165) is 0 Å². The van der Waals surface area contributed by atoms with Gasteiger partial charge in [-0.15, -0.1) is 0 Å². The first-order chi connectivity index (χ1) is 4.73. The van der Waals surface area contributed by atoms with Gasteiger partial charge in [-0.2, -0.15) is 0 Å². The Morgan fingerprint density at radius 2 is 1.64 bits per heavy atom. The Balaban J connectivity index is 4.45. The first-order valence-electron chi connectivity index (χ1n) is 4.56. The Morgan fingerprint density at radius 1 is 1.27 bits per heavy atom. The number of rotatable bonds is 2. The summed E-state index contributed by atoms with van der Waals surface area (Å²) in [4.78, 5) is 0. The summed E-state index contributed by atoms with van der Waals surface area (Å²) in [6.45, 7) is 18.5. The monoisotopic (exact) mass is 171 g/mol. The largest absolute Gasteiger partial charge is 0.0688 e. The maximum Gasteiger partial charge on any atom is 0.0558 e. The van der Waals surface area contributed by atoms with E-state index >= 15 is 0 Å². The second kappa shape index (κ2) is 3.30. The van der Waals surface area contributed by atoms with Crippen LogP contribution in [-0.2, 0) is 0 Å². The zero-order valence-electron chi connectivity index (χ0n) is 8.99. The third kappa shape index (κ3) is 2.33. The Bertz CT molecular complexity index is 119. The van der Waals surface area contributed by atoms with Gasteiger partial charge in [-0.25, -0.2) is 0 Å². The highest BCUT2D eigenvalue weighted by Gasteiger charge is 2.38. The Labute approximate surface area is 73.4 Å². The van der Waals surface area contributed by atoms with Crippen molar-refractivity contribution < 1.29 is 0 Å². The van der Waals surface area contributed by atoms with E-state index in [-0.39, 0.29) is 0 Å². The van der Waals surface area contributed by atoms with Crippen molar-refractivity contribution in [3.05, 3.63) is 6.92 Å². The first-order valence-corrected chi connectivity index (χ1v) is 7.64. The molecule has 0 aliphatic rings. The summed E-state index contributed by atoms with van der Waals surface area (Å²) in [6, 6.07) is 0. The van der Waals surface area contributed by atoms with Crippen molar-refractivity contribution in [1.82, 2.24) is 0 Å². The average molecular weight is 171 g/mol. The molecule has 1 unspecified atom stereocenters. The molecule has 0 rings (SSSR count). The molecule has 1 radical (unpaired) electrons. The lowest BCUT2D eigenvalue weighted by molar-refractivity contribution is 0.690. The quantitative estimate of drug-likeness (QED) is 0.549. The first kappa shape index (κ1) is 11.2. The molecule has 1 heteroatoms. The van der Waals surface area contributed by atoms with Crippen LogP contribution >= 0.6 is 0 Å². The van der Waals surface area contributed by atoms with Crippen LogP contribution in [0.15, 0.2) is 0 Å². The summed E-state index contributed by atoms with van der Waals surface area (Å²) >= 11 is 0. The Kier molecular flexibility index (Phi) is 3.37.